The van der Waals surface area contributed by atoms with E-state index < -0.39 is 6.03 Å². The van der Waals surface area contributed by atoms with Gasteiger partial charge in [-0.05, 0) is 60.5 Å². The van der Waals surface area contributed by atoms with Gasteiger partial charge in [-0.3, -0.25) is 4.79 Å². The Balaban J connectivity index is 1.72. The van der Waals surface area contributed by atoms with Crippen molar-refractivity contribution in [3.05, 3.63) is 77.2 Å². The first-order valence-electron chi connectivity index (χ1n) is 11.7. The maximum Gasteiger partial charge on any atom is 0.322 e. The van der Waals surface area contributed by atoms with Crippen LogP contribution in [0, 0.1) is 0 Å². The van der Waals surface area contributed by atoms with Crippen molar-refractivity contribution in [3.63, 3.8) is 0 Å². The van der Waals surface area contributed by atoms with Crippen molar-refractivity contribution < 1.29 is 28.2 Å². The Morgan fingerprint density at radius 1 is 0.946 bits per heavy atom. The first-order valence-corrected chi connectivity index (χ1v) is 12.1. The van der Waals surface area contributed by atoms with Gasteiger partial charge in [0.15, 0.2) is 11.5 Å². The summed E-state index contributed by atoms with van der Waals surface area (Å²) in [5.74, 6) is 1.68. The molecule has 0 fully saturated rings. The number of nitrogens with one attached hydrogen (secondary N) is 1. The lowest BCUT2D eigenvalue weighted by Crippen LogP contribution is -2.46. The van der Waals surface area contributed by atoms with Gasteiger partial charge in [0.1, 0.15) is 12.3 Å². The fraction of sp³-hybridized carbons (Fsp3) is 0.333. The summed E-state index contributed by atoms with van der Waals surface area (Å²) in [4.78, 5) is 29.5. The topological polar surface area (TPSA) is 93.5 Å². The third kappa shape index (κ3) is 8.44. The molecule has 0 aliphatic rings. The van der Waals surface area contributed by atoms with Crippen molar-refractivity contribution in [1.82, 2.24) is 9.80 Å². The highest BCUT2D eigenvalue weighted by atomic mass is 35.5. The quantitative estimate of drug-likeness (QED) is 0.345. The van der Waals surface area contributed by atoms with Crippen LogP contribution < -0.4 is 14.8 Å². The molecule has 0 saturated carbocycles. The van der Waals surface area contributed by atoms with Crippen molar-refractivity contribution in [2.75, 3.05) is 52.9 Å². The molecule has 0 saturated heterocycles. The molecule has 0 radical (unpaired) electrons. The van der Waals surface area contributed by atoms with Gasteiger partial charge >= 0.3 is 6.03 Å². The van der Waals surface area contributed by atoms with Crippen LogP contribution in [0.2, 0.25) is 5.02 Å². The number of anilines is 1. The number of nitrogens with zero attached hydrogens (tertiary/aromatic N) is 2. The fourth-order valence-corrected chi connectivity index (χ4v) is 3.76. The predicted octanol–water partition coefficient (Wildman–Crippen LogP) is 4.70. The third-order valence-electron chi connectivity index (χ3n) is 5.67. The zero-order valence-electron chi connectivity index (χ0n) is 21.2. The first-order chi connectivity index (χ1) is 17.9. The molecule has 9 nitrogen and oxygen atoms in total. The summed E-state index contributed by atoms with van der Waals surface area (Å²) in [6.45, 7) is 1.08. The number of methoxy groups -OCH3 is 3. The summed E-state index contributed by atoms with van der Waals surface area (Å²) >= 11 is 5.94. The molecule has 2 aromatic carbocycles. The number of halogens is 1. The van der Waals surface area contributed by atoms with Crippen LogP contribution >= 0.6 is 11.6 Å². The zero-order valence-corrected chi connectivity index (χ0v) is 22.0. The Morgan fingerprint density at radius 3 is 2.35 bits per heavy atom. The van der Waals surface area contributed by atoms with E-state index in [1.165, 1.54) is 4.90 Å². The molecule has 198 valence electrons. The fourth-order valence-electron chi connectivity index (χ4n) is 3.64. The molecule has 0 atom stereocenters. The maximum atomic E-state index is 13.4. The SMILES string of the molecule is COCCN(CC(=O)N(CCc1ccc(OC)c(OC)c1)Cc1ccco1)C(=O)Nc1ccc(Cl)cc1. The maximum absolute atomic E-state index is 13.4. The average molecular weight is 530 g/mol. The van der Waals surface area contributed by atoms with Crippen molar-refractivity contribution in [1.29, 1.82) is 0 Å². The first kappa shape index (κ1) is 27.9. The minimum atomic E-state index is -0.412. The minimum absolute atomic E-state index is 0.130. The molecule has 37 heavy (non-hydrogen) atoms. The van der Waals surface area contributed by atoms with Crippen LogP contribution in [0.25, 0.3) is 0 Å². The van der Waals surface area contributed by atoms with Crippen LogP contribution in [-0.4, -0.2) is 69.3 Å². The number of amides is 3. The highest BCUT2D eigenvalue weighted by molar-refractivity contribution is 6.30. The molecule has 3 aromatic rings. The Bertz CT molecular complexity index is 1140. The Hall–Kier alpha value is -3.69. The number of urea groups is 1. The number of benzene rings is 2. The Morgan fingerprint density at radius 2 is 1.70 bits per heavy atom. The van der Waals surface area contributed by atoms with Crippen molar-refractivity contribution in [3.8, 4) is 11.5 Å². The summed E-state index contributed by atoms with van der Waals surface area (Å²) in [6.07, 6.45) is 2.14. The number of carbonyl (C=O) groups is 2. The summed E-state index contributed by atoms with van der Waals surface area (Å²) in [6, 6.07) is 15.6. The predicted molar refractivity (Wildman–Crippen MR) is 141 cm³/mol. The second-order valence-electron chi connectivity index (χ2n) is 8.19. The van der Waals surface area contributed by atoms with Gasteiger partial charge in [0.05, 0.1) is 33.6 Å². The van der Waals surface area contributed by atoms with Gasteiger partial charge in [0, 0.05) is 30.9 Å². The van der Waals surface area contributed by atoms with Gasteiger partial charge in [-0.15, -0.1) is 0 Å². The van der Waals surface area contributed by atoms with Crippen molar-refractivity contribution >= 4 is 29.2 Å². The van der Waals surface area contributed by atoms with E-state index in [2.05, 4.69) is 5.32 Å². The lowest BCUT2D eigenvalue weighted by atomic mass is 10.1. The van der Waals surface area contributed by atoms with Crippen LogP contribution in [0.1, 0.15) is 11.3 Å². The largest absolute Gasteiger partial charge is 0.493 e. The number of ether oxygens (including phenoxy) is 3. The summed E-state index contributed by atoms with van der Waals surface area (Å²) in [5, 5.41) is 3.37. The molecule has 3 rings (SSSR count). The molecule has 10 heteroatoms. The molecule has 1 heterocycles. The number of furan rings is 1. The van der Waals surface area contributed by atoms with E-state index in [1.54, 1.807) is 62.8 Å². The molecule has 0 spiro atoms. The van der Waals surface area contributed by atoms with Gasteiger partial charge < -0.3 is 33.7 Å². The molecule has 1 aromatic heterocycles. The zero-order chi connectivity index (χ0) is 26.6. The molecule has 0 aliphatic heterocycles. The second-order valence-corrected chi connectivity index (χ2v) is 8.62. The Kier molecular flexibility index (Phi) is 10.7. The molecule has 0 bridgehead atoms. The number of rotatable bonds is 13. The number of carbonyl (C=O) groups excluding carboxylic acids is 2. The van der Waals surface area contributed by atoms with Gasteiger partial charge in [-0.2, -0.15) is 0 Å². The molecule has 3 amide bonds. The minimum Gasteiger partial charge on any atom is -0.493 e. The van der Waals surface area contributed by atoms with Gasteiger partial charge in [0.2, 0.25) is 5.91 Å². The van der Waals surface area contributed by atoms with E-state index in [1.807, 2.05) is 24.3 Å². The van der Waals surface area contributed by atoms with E-state index in [4.69, 9.17) is 30.2 Å². The van der Waals surface area contributed by atoms with E-state index in [0.717, 1.165) is 5.56 Å². The number of hydrogen-bond donors (Lipinski definition) is 1. The van der Waals surface area contributed by atoms with Crippen LogP contribution in [0.15, 0.2) is 65.3 Å². The highest BCUT2D eigenvalue weighted by Gasteiger charge is 2.22. The summed E-state index contributed by atoms with van der Waals surface area (Å²) < 4.78 is 21.4. The van der Waals surface area contributed by atoms with Crippen LogP contribution in [0.3, 0.4) is 0 Å². The van der Waals surface area contributed by atoms with Gasteiger partial charge in [0.25, 0.3) is 0 Å². The van der Waals surface area contributed by atoms with Crippen molar-refractivity contribution in [2.45, 2.75) is 13.0 Å². The molecular formula is C27H32ClN3O6. The Labute approximate surface area is 221 Å². The average Bonchev–Trinajstić information content (AvgIpc) is 3.43. The van der Waals surface area contributed by atoms with Crippen LogP contribution in [0.5, 0.6) is 11.5 Å². The van der Waals surface area contributed by atoms with Crippen LogP contribution in [-0.2, 0) is 22.5 Å². The third-order valence-corrected chi connectivity index (χ3v) is 5.92. The number of hydrogen-bond acceptors (Lipinski definition) is 6. The standard InChI is InChI=1S/C27H32ClN3O6/c1-34-16-14-31(27(33)29-22-9-7-21(28)8-10-22)19-26(32)30(18-23-5-4-15-37-23)13-12-20-6-11-24(35-2)25(17-20)36-3/h4-11,15,17H,12-14,16,18-19H2,1-3H3,(H,29,33). The lowest BCUT2D eigenvalue weighted by Gasteiger charge is -2.27. The van der Waals surface area contributed by atoms with Gasteiger partial charge in [-0.25, -0.2) is 4.79 Å². The lowest BCUT2D eigenvalue weighted by molar-refractivity contribution is -0.132. The smallest absolute Gasteiger partial charge is 0.322 e. The normalized spacial score (nSPS) is 10.6. The molecule has 0 aliphatic carbocycles. The monoisotopic (exact) mass is 529 g/mol. The molecule has 0 unspecified atom stereocenters. The van der Waals surface area contributed by atoms with E-state index in [0.29, 0.717) is 40.9 Å². The molecule has 1 N–H and O–H groups in total. The van der Waals surface area contributed by atoms with Crippen molar-refractivity contribution in [2.24, 2.45) is 0 Å². The summed E-state index contributed by atoms with van der Waals surface area (Å²) in [7, 11) is 4.71. The van der Waals surface area contributed by atoms with Gasteiger partial charge in [-0.1, -0.05) is 17.7 Å². The highest BCUT2D eigenvalue weighted by Crippen LogP contribution is 2.27. The molecular weight excluding hydrogens is 498 g/mol. The van der Waals surface area contributed by atoms with E-state index >= 15 is 0 Å². The van der Waals surface area contributed by atoms with E-state index in [9.17, 15) is 9.59 Å². The summed E-state index contributed by atoms with van der Waals surface area (Å²) in [5.41, 5.74) is 1.55. The van der Waals surface area contributed by atoms with Crippen LogP contribution in [0.4, 0.5) is 10.5 Å². The second kappa shape index (κ2) is 14.2. The van der Waals surface area contributed by atoms with E-state index in [-0.39, 0.29) is 32.1 Å².